The molecule has 0 aliphatic carbocycles. The SMILES string of the molecule is Cc1ccc(C)n1-c1cn2c3ccccc3c3ccc[c-]c3c2n1.[Ir]. The molecule has 3 aromatic heterocycles. The molecule has 5 rings (SSSR count). The van der Waals surface area contributed by atoms with Crippen LogP contribution in [0.5, 0.6) is 0 Å². The van der Waals surface area contributed by atoms with Crippen molar-refractivity contribution in [2.45, 2.75) is 13.8 Å². The van der Waals surface area contributed by atoms with E-state index in [1.165, 1.54) is 27.7 Å². The Morgan fingerprint density at radius 1 is 0.880 bits per heavy atom. The molecule has 0 aliphatic rings. The Hall–Kier alpha value is -2.42. The molecule has 0 aliphatic heterocycles. The zero-order chi connectivity index (χ0) is 16.3. The van der Waals surface area contributed by atoms with Gasteiger partial charge in [0.2, 0.25) is 0 Å². The number of nitrogens with zero attached hydrogens (tertiary/aromatic N) is 3. The molecule has 1 radical (unpaired) electrons. The summed E-state index contributed by atoms with van der Waals surface area (Å²) in [4.78, 5) is 4.95. The van der Waals surface area contributed by atoms with Gasteiger partial charge >= 0.3 is 0 Å². The van der Waals surface area contributed by atoms with Crippen LogP contribution in [0.1, 0.15) is 11.4 Å². The van der Waals surface area contributed by atoms with Crippen LogP contribution < -0.4 is 0 Å². The van der Waals surface area contributed by atoms with Crippen LogP contribution in [0.4, 0.5) is 0 Å². The van der Waals surface area contributed by atoms with E-state index in [-0.39, 0.29) is 20.1 Å². The van der Waals surface area contributed by atoms with E-state index in [0.29, 0.717) is 0 Å². The standard InChI is InChI=1S/C21H16N3.Ir/c1-14-11-12-15(2)24(14)20-13-23-19-10-6-5-8-17(19)16-7-3-4-9-18(16)21(23)22-20;/h3-8,10-13H,1-2H3;/q-1;. The van der Waals surface area contributed by atoms with E-state index in [4.69, 9.17) is 4.98 Å². The van der Waals surface area contributed by atoms with E-state index in [1.807, 2.05) is 12.1 Å². The van der Waals surface area contributed by atoms with E-state index >= 15 is 0 Å². The Labute approximate surface area is 159 Å². The Morgan fingerprint density at radius 3 is 2.40 bits per heavy atom. The van der Waals surface area contributed by atoms with Crippen LogP contribution in [0.15, 0.2) is 60.8 Å². The second-order valence-corrected chi connectivity index (χ2v) is 6.22. The first-order valence-electron chi connectivity index (χ1n) is 8.09. The van der Waals surface area contributed by atoms with Crippen LogP contribution in [0.3, 0.4) is 0 Å². The molecule has 2 aromatic carbocycles. The number of imidazole rings is 1. The quantitative estimate of drug-likeness (QED) is 0.237. The molecule has 0 N–H and O–H groups in total. The second-order valence-electron chi connectivity index (χ2n) is 6.22. The predicted molar refractivity (Wildman–Crippen MR) is 97.8 cm³/mol. The van der Waals surface area contributed by atoms with Crippen molar-refractivity contribution in [1.29, 1.82) is 0 Å². The van der Waals surface area contributed by atoms with Gasteiger partial charge in [0.05, 0.1) is 5.65 Å². The fourth-order valence-corrected chi connectivity index (χ4v) is 3.62. The van der Waals surface area contributed by atoms with Crippen molar-refractivity contribution >= 4 is 27.3 Å². The van der Waals surface area contributed by atoms with Crippen LogP contribution in [0.2, 0.25) is 0 Å². The van der Waals surface area contributed by atoms with Crippen molar-refractivity contribution in [3.63, 3.8) is 0 Å². The van der Waals surface area contributed by atoms with E-state index < -0.39 is 0 Å². The molecule has 0 amide bonds. The molecule has 4 heteroatoms. The molecule has 125 valence electrons. The number of rotatable bonds is 1. The summed E-state index contributed by atoms with van der Waals surface area (Å²) >= 11 is 0. The first-order valence-corrected chi connectivity index (χ1v) is 8.09. The van der Waals surface area contributed by atoms with Crippen molar-refractivity contribution < 1.29 is 20.1 Å². The van der Waals surface area contributed by atoms with Gasteiger partial charge in [0, 0.05) is 43.2 Å². The number of fused-ring (bicyclic) bond motifs is 6. The average molecular weight is 503 g/mol. The number of aryl methyl sites for hydroxylation is 2. The number of pyridine rings is 1. The molecule has 0 saturated heterocycles. The second kappa shape index (κ2) is 5.83. The molecule has 0 bridgehead atoms. The first kappa shape index (κ1) is 16.1. The first-order chi connectivity index (χ1) is 11.7. The minimum atomic E-state index is 0. The summed E-state index contributed by atoms with van der Waals surface area (Å²) in [5, 5.41) is 3.48. The van der Waals surface area contributed by atoms with Crippen molar-refractivity contribution in [3.05, 3.63) is 78.2 Å². The molecule has 0 atom stereocenters. The Kier molecular flexibility index (Phi) is 3.75. The summed E-state index contributed by atoms with van der Waals surface area (Å²) in [6, 6.07) is 22.2. The van der Waals surface area contributed by atoms with Gasteiger partial charge in [-0.1, -0.05) is 23.6 Å². The maximum absolute atomic E-state index is 4.95. The van der Waals surface area contributed by atoms with Crippen LogP contribution in [0.25, 0.3) is 33.1 Å². The number of hydrogen-bond acceptors (Lipinski definition) is 1. The molecule has 0 unspecified atom stereocenters. The Balaban J connectivity index is 0.00000157. The molecule has 5 aromatic rings. The van der Waals surface area contributed by atoms with Crippen LogP contribution in [-0.2, 0) is 20.1 Å². The third-order valence-electron chi connectivity index (χ3n) is 4.73. The summed E-state index contributed by atoms with van der Waals surface area (Å²) < 4.78 is 4.37. The van der Waals surface area contributed by atoms with Crippen molar-refractivity contribution in [2.24, 2.45) is 0 Å². The zero-order valence-corrected chi connectivity index (χ0v) is 16.3. The van der Waals surface area contributed by atoms with Gasteiger partial charge < -0.3 is 8.97 Å². The third-order valence-corrected chi connectivity index (χ3v) is 4.73. The summed E-state index contributed by atoms with van der Waals surface area (Å²) in [7, 11) is 0. The predicted octanol–water partition coefficient (Wildman–Crippen LogP) is 4.85. The number of hydrogen-bond donors (Lipinski definition) is 0. The smallest absolute Gasteiger partial charge is 0.145 e. The monoisotopic (exact) mass is 503 g/mol. The van der Waals surface area contributed by atoms with Crippen molar-refractivity contribution in [2.75, 3.05) is 0 Å². The van der Waals surface area contributed by atoms with Crippen LogP contribution >= 0.6 is 0 Å². The molecule has 0 fully saturated rings. The summed E-state index contributed by atoms with van der Waals surface area (Å²) in [6.45, 7) is 4.22. The van der Waals surface area contributed by atoms with E-state index in [9.17, 15) is 0 Å². The van der Waals surface area contributed by atoms with E-state index in [2.05, 4.69) is 77.5 Å². The fourth-order valence-electron chi connectivity index (χ4n) is 3.62. The molecular weight excluding hydrogens is 486 g/mol. The van der Waals surface area contributed by atoms with Gasteiger partial charge in [-0.2, -0.15) is 0 Å². The Bertz CT molecular complexity index is 1140. The average Bonchev–Trinajstić information content (AvgIpc) is 3.19. The number of benzene rings is 2. The molecule has 0 saturated carbocycles. The molecule has 3 heterocycles. The summed E-state index contributed by atoms with van der Waals surface area (Å²) in [6.07, 6.45) is 2.12. The Morgan fingerprint density at radius 2 is 1.60 bits per heavy atom. The van der Waals surface area contributed by atoms with Crippen molar-refractivity contribution in [3.8, 4) is 5.82 Å². The van der Waals surface area contributed by atoms with Crippen LogP contribution in [0, 0.1) is 19.9 Å². The normalized spacial score (nSPS) is 11.3. The molecular formula is C21H16IrN3-. The van der Waals surface area contributed by atoms with Gasteiger partial charge in [-0.05, 0) is 37.4 Å². The van der Waals surface area contributed by atoms with Gasteiger partial charge in [-0.15, -0.1) is 29.7 Å². The van der Waals surface area contributed by atoms with Gasteiger partial charge in [0.1, 0.15) is 5.82 Å². The number of para-hydroxylation sites is 1. The minimum Gasteiger partial charge on any atom is -0.338 e. The maximum atomic E-state index is 4.95. The van der Waals surface area contributed by atoms with Crippen molar-refractivity contribution in [1.82, 2.24) is 14.0 Å². The summed E-state index contributed by atoms with van der Waals surface area (Å²) in [5.41, 5.74) is 4.50. The molecule has 3 nitrogen and oxygen atoms in total. The van der Waals surface area contributed by atoms with Gasteiger partial charge in [0.25, 0.3) is 0 Å². The third kappa shape index (κ3) is 2.25. The minimum absolute atomic E-state index is 0. The zero-order valence-electron chi connectivity index (χ0n) is 13.9. The van der Waals surface area contributed by atoms with Gasteiger partial charge in [0.15, 0.2) is 0 Å². The largest absolute Gasteiger partial charge is 0.338 e. The van der Waals surface area contributed by atoms with Crippen LogP contribution in [-0.4, -0.2) is 14.0 Å². The number of aromatic nitrogens is 3. The fraction of sp³-hybridized carbons (Fsp3) is 0.0952. The topological polar surface area (TPSA) is 22.2 Å². The molecule has 0 spiro atoms. The van der Waals surface area contributed by atoms with E-state index in [0.717, 1.165) is 16.9 Å². The maximum Gasteiger partial charge on any atom is 0.145 e. The van der Waals surface area contributed by atoms with Gasteiger partial charge in [-0.25, -0.2) is 0 Å². The van der Waals surface area contributed by atoms with E-state index in [1.54, 1.807) is 0 Å². The van der Waals surface area contributed by atoms with Gasteiger partial charge in [-0.3, -0.25) is 4.98 Å². The summed E-state index contributed by atoms with van der Waals surface area (Å²) in [5.74, 6) is 0.949. The molecule has 25 heavy (non-hydrogen) atoms.